The number of carbonyl (C=O) groups is 1. The number of amides is 1. The number of carbonyl (C=O) groups excluding carboxylic acids is 1. The highest BCUT2D eigenvalue weighted by atomic mass is 16.5. The van der Waals surface area contributed by atoms with E-state index in [9.17, 15) is 4.79 Å². The first kappa shape index (κ1) is 13.6. The topological polar surface area (TPSA) is 66.2 Å². The lowest BCUT2D eigenvalue weighted by atomic mass is 10.2. The lowest BCUT2D eigenvalue weighted by Crippen LogP contribution is -2.26. The van der Waals surface area contributed by atoms with Crippen LogP contribution in [0.2, 0.25) is 0 Å². The summed E-state index contributed by atoms with van der Waals surface area (Å²) in [5.41, 5.74) is 0.999. The monoisotopic (exact) mass is 267 g/mol. The van der Waals surface area contributed by atoms with Crippen molar-refractivity contribution in [2.75, 3.05) is 19.1 Å². The van der Waals surface area contributed by atoms with Gasteiger partial charge in [-0.1, -0.05) is 0 Å². The third kappa shape index (κ3) is 2.75. The van der Waals surface area contributed by atoms with Crippen molar-refractivity contribution in [1.29, 1.82) is 5.26 Å². The number of ether oxygens (including phenoxy) is 1. The zero-order valence-electron chi connectivity index (χ0n) is 11.2. The summed E-state index contributed by atoms with van der Waals surface area (Å²) in [6, 6.07) is 12.1. The fourth-order valence-electron chi connectivity index (χ4n) is 1.68. The summed E-state index contributed by atoms with van der Waals surface area (Å²) in [5.74, 6) is 1.01. The minimum Gasteiger partial charge on any atom is -0.497 e. The number of nitrogens with zero attached hydrogens (tertiary/aromatic N) is 3. The van der Waals surface area contributed by atoms with Crippen molar-refractivity contribution in [2.45, 2.75) is 0 Å². The first-order valence-electron chi connectivity index (χ1n) is 5.94. The van der Waals surface area contributed by atoms with Crippen LogP contribution < -0.4 is 9.64 Å². The van der Waals surface area contributed by atoms with Gasteiger partial charge in [-0.3, -0.25) is 9.69 Å². The van der Waals surface area contributed by atoms with E-state index in [1.54, 1.807) is 50.6 Å². The van der Waals surface area contributed by atoms with E-state index in [0.29, 0.717) is 22.7 Å². The third-order valence-electron chi connectivity index (χ3n) is 2.86. The maximum Gasteiger partial charge on any atom is 0.259 e. The third-order valence-corrected chi connectivity index (χ3v) is 2.86. The average molecular weight is 267 g/mol. The fourth-order valence-corrected chi connectivity index (χ4v) is 1.68. The molecule has 5 nitrogen and oxygen atoms in total. The molecule has 0 spiro atoms. The number of hydrogen-bond donors (Lipinski definition) is 0. The molecule has 20 heavy (non-hydrogen) atoms. The summed E-state index contributed by atoms with van der Waals surface area (Å²) in [4.78, 5) is 17.8. The molecule has 0 bridgehead atoms. The summed E-state index contributed by atoms with van der Waals surface area (Å²) in [6.07, 6.45) is 1.44. The number of pyridine rings is 1. The second-order valence-electron chi connectivity index (χ2n) is 4.11. The van der Waals surface area contributed by atoms with Crippen LogP contribution in [0.4, 0.5) is 5.82 Å². The fraction of sp³-hybridized carbons (Fsp3) is 0.133. The molecule has 0 aliphatic carbocycles. The number of benzene rings is 1. The van der Waals surface area contributed by atoms with Crippen molar-refractivity contribution in [1.82, 2.24) is 4.98 Å². The summed E-state index contributed by atoms with van der Waals surface area (Å²) in [5, 5.41) is 8.72. The molecule has 0 saturated carbocycles. The lowest BCUT2D eigenvalue weighted by molar-refractivity contribution is 0.0992. The van der Waals surface area contributed by atoms with Crippen LogP contribution in [0.25, 0.3) is 0 Å². The van der Waals surface area contributed by atoms with Crippen molar-refractivity contribution in [3.8, 4) is 11.8 Å². The largest absolute Gasteiger partial charge is 0.497 e. The Balaban J connectivity index is 2.20. The van der Waals surface area contributed by atoms with Gasteiger partial charge in [-0.2, -0.15) is 5.26 Å². The Labute approximate surface area is 117 Å². The molecule has 0 aliphatic heterocycles. The number of nitriles is 1. The molecule has 0 atom stereocenters. The molecule has 0 aliphatic rings. The molecule has 0 unspecified atom stereocenters. The zero-order chi connectivity index (χ0) is 14.5. The van der Waals surface area contributed by atoms with Crippen molar-refractivity contribution in [3.63, 3.8) is 0 Å². The quantitative estimate of drug-likeness (QED) is 0.855. The predicted octanol–water partition coefficient (Wildman–Crippen LogP) is 2.24. The molecule has 2 rings (SSSR count). The summed E-state index contributed by atoms with van der Waals surface area (Å²) >= 11 is 0. The van der Waals surface area contributed by atoms with Gasteiger partial charge in [0, 0.05) is 18.8 Å². The van der Waals surface area contributed by atoms with Crippen LogP contribution in [0.3, 0.4) is 0 Å². The van der Waals surface area contributed by atoms with E-state index in [4.69, 9.17) is 10.00 Å². The maximum absolute atomic E-state index is 12.3. The summed E-state index contributed by atoms with van der Waals surface area (Å²) < 4.78 is 5.05. The molecule has 1 amide bonds. The molecular weight excluding hydrogens is 254 g/mol. The minimum absolute atomic E-state index is 0.176. The normalized spacial score (nSPS) is 9.65. The highest BCUT2D eigenvalue weighted by molar-refractivity contribution is 6.05. The van der Waals surface area contributed by atoms with Gasteiger partial charge in [0.25, 0.3) is 5.91 Å². The van der Waals surface area contributed by atoms with Crippen molar-refractivity contribution in [3.05, 3.63) is 53.7 Å². The molecule has 0 fully saturated rings. The second kappa shape index (κ2) is 5.85. The van der Waals surface area contributed by atoms with Gasteiger partial charge in [-0.15, -0.1) is 0 Å². The molecule has 100 valence electrons. The van der Waals surface area contributed by atoms with Crippen LogP contribution in [-0.2, 0) is 0 Å². The van der Waals surface area contributed by atoms with E-state index >= 15 is 0 Å². The molecule has 0 saturated heterocycles. The standard InChI is InChI=1S/C15H13N3O2/c1-18(14-8-3-11(9-16)10-17-14)15(19)12-4-6-13(20-2)7-5-12/h3-8,10H,1-2H3. The lowest BCUT2D eigenvalue weighted by Gasteiger charge is -2.16. The van der Waals surface area contributed by atoms with E-state index in [0.717, 1.165) is 0 Å². The van der Waals surface area contributed by atoms with Crippen LogP contribution in [0.5, 0.6) is 5.75 Å². The minimum atomic E-state index is -0.176. The Bertz CT molecular complexity index is 642. The Hall–Kier alpha value is -2.87. The first-order valence-corrected chi connectivity index (χ1v) is 5.94. The van der Waals surface area contributed by atoms with Crippen LogP contribution >= 0.6 is 0 Å². The van der Waals surface area contributed by atoms with Gasteiger partial charge in [-0.25, -0.2) is 4.98 Å². The average Bonchev–Trinajstić information content (AvgIpc) is 2.53. The highest BCUT2D eigenvalue weighted by Crippen LogP contribution is 2.16. The van der Waals surface area contributed by atoms with Gasteiger partial charge in [0.2, 0.25) is 0 Å². The van der Waals surface area contributed by atoms with Gasteiger partial charge in [0.05, 0.1) is 12.7 Å². The van der Waals surface area contributed by atoms with E-state index in [2.05, 4.69) is 4.98 Å². The van der Waals surface area contributed by atoms with Gasteiger partial charge >= 0.3 is 0 Å². The number of methoxy groups -OCH3 is 1. The Morgan fingerprint density at radius 3 is 2.45 bits per heavy atom. The van der Waals surface area contributed by atoms with E-state index in [1.165, 1.54) is 11.1 Å². The van der Waals surface area contributed by atoms with Crippen LogP contribution in [-0.4, -0.2) is 25.0 Å². The Kier molecular flexibility index (Phi) is 3.96. The predicted molar refractivity (Wildman–Crippen MR) is 74.7 cm³/mol. The number of anilines is 1. The second-order valence-corrected chi connectivity index (χ2v) is 4.11. The van der Waals surface area contributed by atoms with Crippen molar-refractivity contribution in [2.24, 2.45) is 0 Å². The summed E-state index contributed by atoms with van der Waals surface area (Å²) in [6.45, 7) is 0. The molecule has 1 heterocycles. The molecule has 5 heteroatoms. The van der Waals surface area contributed by atoms with Crippen molar-refractivity contribution < 1.29 is 9.53 Å². The molecule has 0 N–H and O–H groups in total. The van der Waals surface area contributed by atoms with Gasteiger partial charge in [0.1, 0.15) is 17.6 Å². The smallest absolute Gasteiger partial charge is 0.259 e. The van der Waals surface area contributed by atoms with Gasteiger partial charge in [0.15, 0.2) is 0 Å². The number of hydrogen-bond acceptors (Lipinski definition) is 4. The van der Waals surface area contributed by atoms with E-state index in [-0.39, 0.29) is 5.91 Å². The molecule has 1 aromatic carbocycles. The maximum atomic E-state index is 12.3. The SMILES string of the molecule is COc1ccc(C(=O)N(C)c2ccc(C#N)cn2)cc1. The van der Waals surface area contributed by atoms with Gasteiger partial charge in [-0.05, 0) is 36.4 Å². The Morgan fingerprint density at radius 2 is 1.95 bits per heavy atom. The summed E-state index contributed by atoms with van der Waals surface area (Å²) in [7, 11) is 3.21. The first-order chi connectivity index (χ1) is 9.65. The van der Waals surface area contributed by atoms with Crippen LogP contribution in [0, 0.1) is 11.3 Å². The van der Waals surface area contributed by atoms with Gasteiger partial charge < -0.3 is 4.74 Å². The van der Waals surface area contributed by atoms with Crippen molar-refractivity contribution >= 4 is 11.7 Å². The van der Waals surface area contributed by atoms with E-state index < -0.39 is 0 Å². The Morgan fingerprint density at radius 1 is 1.25 bits per heavy atom. The molecule has 1 aromatic heterocycles. The highest BCUT2D eigenvalue weighted by Gasteiger charge is 2.14. The van der Waals surface area contributed by atoms with E-state index in [1.807, 2.05) is 6.07 Å². The molecular formula is C15H13N3O2. The zero-order valence-corrected chi connectivity index (χ0v) is 11.2. The number of aromatic nitrogens is 1. The molecule has 2 aromatic rings. The van der Waals surface area contributed by atoms with Crippen LogP contribution in [0.1, 0.15) is 15.9 Å². The molecule has 0 radical (unpaired) electrons. The number of rotatable bonds is 3. The van der Waals surface area contributed by atoms with Crippen LogP contribution in [0.15, 0.2) is 42.6 Å².